The molecule has 17 heavy (non-hydrogen) atoms. The summed E-state index contributed by atoms with van der Waals surface area (Å²) < 4.78 is 1.22. The van der Waals surface area contributed by atoms with E-state index in [9.17, 15) is 4.79 Å². The van der Waals surface area contributed by atoms with E-state index in [1.165, 1.54) is 16.9 Å². The van der Waals surface area contributed by atoms with Gasteiger partial charge in [-0.3, -0.25) is 4.79 Å². The van der Waals surface area contributed by atoms with Crippen molar-refractivity contribution in [3.63, 3.8) is 0 Å². The predicted octanol–water partition coefficient (Wildman–Crippen LogP) is 1.17. The first-order valence-corrected chi connectivity index (χ1v) is 5.16. The zero-order chi connectivity index (χ0) is 12.1. The molecule has 0 spiro atoms. The Bertz CT molecular complexity index is 575. The van der Waals surface area contributed by atoms with Crippen LogP contribution in [0.1, 0.15) is 5.56 Å². The summed E-state index contributed by atoms with van der Waals surface area (Å²) in [5.74, 6) is 0.407. The number of hydrogen-bond donors (Lipinski definition) is 1. The summed E-state index contributed by atoms with van der Waals surface area (Å²) in [5, 5.41) is 6.91. The molecule has 0 saturated heterocycles. The van der Waals surface area contributed by atoms with Gasteiger partial charge in [0.25, 0.3) is 5.56 Å². The molecule has 0 bridgehead atoms. The Morgan fingerprint density at radius 2 is 2.06 bits per heavy atom. The molecule has 1 heterocycles. The Morgan fingerprint density at radius 3 is 2.76 bits per heavy atom. The highest BCUT2D eigenvalue weighted by molar-refractivity contribution is 5.79. The minimum atomic E-state index is -0.225. The average molecular weight is 228 g/mol. The van der Waals surface area contributed by atoms with Gasteiger partial charge in [0.15, 0.2) is 0 Å². The molecule has 0 radical (unpaired) electrons. The predicted molar refractivity (Wildman–Crippen MR) is 67.5 cm³/mol. The highest BCUT2D eigenvalue weighted by Crippen LogP contribution is 1.98. The molecule has 5 heteroatoms. The first-order chi connectivity index (χ1) is 8.31. The maximum absolute atomic E-state index is 11.6. The van der Waals surface area contributed by atoms with Crippen LogP contribution in [0.2, 0.25) is 0 Å². The molecule has 0 atom stereocenters. The van der Waals surface area contributed by atoms with Crippen molar-refractivity contribution in [2.24, 2.45) is 5.10 Å². The molecule has 0 amide bonds. The zero-order valence-electron chi connectivity index (χ0n) is 9.37. The third-order valence-corrected chi connectivity index (χ3v) is 2.17. The van der Waals surface area contributed by atoms with E-state index in [4.69, 9.17) is 0 Å². The number of nitrogens with zero attached hydrogens (tertiary/aromatic N) is 3. The molecule has 0 aliphatic rings. The minimum Gasteiger partial charge on any atom is -0.357 e. The van der Waals surface area contributed by atoms with Crippen molar-refractivity contribution in [1.82, 2.24) is 9.66 Å². The summed E-state index contributed by atoms with van der Waals surface area (Å²) >= 11 is 0. The van der Waals surface area contributed by atoms with Crippen molar-refractivity contribution in [2.45, 2.75) is 0 Å². The van der Waals surface area contributed by atoms with E-state index in [1.54, 1.807) is 13.3 Å². The lowest BCUT2D eigenvalue weighted by Gasteiger charge is -2.04. The quantitative estimate of drug-likeness (QED) is 0.802. The molecule has 0 saturated carbocycles. The van der Waals surface area contributed by atoms with Crippen LogP contribution >= 0.6 is 0 Å². The van der Waals surface area contributed by atoms with Crippen LogP contribution in [-0.2, 0) is 0 Å². The van der Waals surface area contributed by atoms with Crippen LogP contribution in [0, 0.1) is 0 Å². The third kappa shape index (κ3) is 2.57. The maximum Gasteiger partial charge on any atom is 0.275 e. The van der Waals surface area contributed by atoms with Crippen molar-refractivity contribution in [3.8, 4) is 0 Å². The molecule has 2 aromatic rings. The fraction of sp³-hybridized carbons (Fsp3) is 0.0833. The van der Waals surface area contributed by atoms with Crippen LogP contribution in [-0.4, -0.2) is 22.9 Å². The summed E-state index contributed by atoms with van der Waals surface area (Å²) in [4.78, 5) is 15.6. The normalized spacial score (nSPS) is 10.6. The lowest BCUT2D eigenvalue weighted by molar-refractivity contribution is 0.810. The van der Waals surface area contributed by atoms with Crippen molar-refractivity contribution < 1.29 is 0 Å². The molecular formula is C12H12N4O. The molecule has 1 aromatic carbocycles. The fourth-order valence-electron chi connectivity index (χ4n) is 1.35. The van der Waals surface area contributed by atoms with Crippen molar-refractivity contribution in [2.75, 3.05) is 12.4 Å². The zero-order valence-corrected chi connectivity index (χ0v) is 9.37. The van der Waals surface area contributed by atoms with E-state index >= 15 is 0 Å². The lowest BCUT2D eigenvalue weighted by Crippen LogP contribution is -2.19. The molecule has 5 nitrogen and oxygen atoms in total. The van der Waals surface area contributed by atoms with Crippen molar-refractivity contribution in [3.05, 3.63) is 58.5 Å². The van der Waals surface area contributed by atoms with E-state index in [1.807, 2.05) is 30.3 Å². The second-order valence-electron chi connectivity index (χ2n) is 3.32. The molecular weight excluding hydrogens is 216 g/mol. The summed E-state index contributed by atoms with van der Waals surface area (Å²) in [5.41, 5.74) is 0.696. The van der Waals surface area contributed by atoms with E-state index in [2.05, 4.69) is 15.4 Å². The van der Waals surface area contributed by atoms with E-state index in [-0.39, 0.29) is 5.56 Å². The summed E-state index contributed by atoms with van der Waals surface area (Å²) in [7, 11) is 1.69. The standard InChI is InChI=1S/C12H12N4O/c1-13-12-14-8-7-11(17)16(12)15-9-10-5-3-2-4-6-10/h2-9H,1H3,(H,13,14)/b15-9+. The third-order valence-electron chi connectivity index (χ3n) is 2.17. The number of nitrogens with one attached hydrogen (secondary N) is 1. The van der Waals surface area contributed by atoms with Gasteiger partial charge >= 0.3 is 0 Å². The topological polar surface area (TPSA) is 59.3 Å². The summed E-state index contributed by atoms with van der Waals surface area (Å²) in [6, 6.07) is 10.9. The summed E-state index contributed by atoms with van der Waals surface area (Å²) in [6.45, 7) is 0. The SMILES string of the molecule is CNc1nccc(=O)n1/N=C/c1ccccc1. The number of hydrogen-bond acceptors (Lipinski definition) is 4. The van der Waals surface area contributed by atoms with Gasteiger partial charge in [0.1, 0.15) is 0 Å². The highest BCUT2D eigenvalue weighted by Gasteiger charge is 1.99. The first kappa shape index (κ1) is 11.1. The lowest BCUT2D eigenvalue weighted by atomic mass is 10.2. The molecule has 0 aliphatic heterocycles. The van der Waals surface area contributed by atoms with Crippen LogP contribution in [0.4, 0.5) is 5.95 Å². The molecule has 1 aromatic heterocycles. The van der Waals surface area contributed by atoms with Gasteiger partial charge < -0.3 is 5.32 Å². The van der Waals surface area contributed by atoms with Crippen LogP contribution in [0.15, 0.2) is 52.5 Å². The second-order valence-corrected chi connectivity index (χ2v) is 3.32. The Labute approximate surface area is 98.4 Å². The average Bonchev–Trinajstić information content (AvgIpc) is 2.38. The van der Waals surface area contributed by atoms with Crippen molar-refractivity contribution in [1.29, 1.82) is 0 Å². The maximum atomic E-state index is 11.6. The van der Waals surface area contributed by atoms with Gasteiger partial charge in [0, 0.05) is 19.3 Å². The largest absolute Gasteiger partial charge is 0.357 e. The summed E-state index contributed by atoms with van der Waals surface area (Å²) in [6.07, 6.45) is 3.06. The Morgan fingerprint density at radius 1 is 1.29 bits per heavy atom. The second kappa shape index (κ2) is 5.07. The van der Waals surface area contributed by atoms with Crippen LogP contribution in [0.5, 0.6) is 0 Å². The Balaban J connectivity index is 2.36. The van der Waals surface area contributed by atoms with Gasteiger partial charge in [0.05, 0.1) is 6.21 Å². The van der Waals surface area contributed by atoms with Gasteiger partial charge in [0.2, 0.25) is 5.95 Å². The van der Waals surface area contributed by atoms with Crippen LogP contribution in [0.25, 0.3) is 0 Å². The number of aromatic nitrogens is 2. The Hall–Kier alpha value is -2.43. The molecule has 0 unspecified atom stereocenters. The first-order valence-electron chi connectivity index (χ1n) is 5.16. The Kier molecular flexibility index (Phi) is 3.30. The molecule has 86 valence electrons. The molecule has 0 fully saturated rings. The highest BCUT2D eigenvalue weighted by atomic mass is 16.1. The fourth-order valence-corrected chi connectivity index (χ4v) is 1.35. The van der Waals surface area contributed by atoms with Gasteiger partial charge in [-0.25, -0.2) is 4.98 Å². The monoisotopic (exact) mass is 228 g/mol. The number of benzene rings is 1. The van der Waals surface area contributed by atoms with E-state index in [0.717, 1.165) is 5.56 Å². The van der Waals surface area contributed by atoms with Gasteiger partial charge in [-0.1, -0.05) is 30.3 Å². The van der Waals surface area contributed by atoms with Gasteiger partial charge in [-0.2, -0.15) is 9.78 Å². The molecule has 1 N–H and O–H groups in total. The number of rotatable bonds is 3. The number of anilines is 1. The molecule has 2 rings (SSSR count). The van der Waals surface area contributed by atoms with Crippen LogP contribution in [0.3, 0.4) is 0 Å². The van der Waals surface area contributed by atoms with E-state index in [0.29, 0.717) is 5.95 Å². The van der Waals surface area contributed by atoms with Crippen LogP contribution < -0.4 is 10.9 Å². The minimum absolute atomic E-state index is 0.225. The van der Waals surface area contributed by atoms with E-state index < -0.39 is 0 Å². The van der Waals surface area contributed by atoms with Crippen molar-refractivity contribution >= 4 is 12.2 Å². The molecule has 0 aliphatic carbocycles. The van der Waals surface area contributed by atoms with Gasteiger partial charge in [-0.05, 0) is 5.56 Å². The smallest absolute Gasteiger partial charge is 0.275 e. The van der Waals surface area contributed by atoms with Gasteiger partial charge in [-0.15, -0.1) is 0 Å².